The lowest BCUT2D eigenvalue weighted by Crippen LogP contribution is -2.36. The van der Waals surface area contributed by atoms with Crippen molar-refractivity contribution in [2.75, 3.05) is 19.0 Å². The molecule has 0 bridgehead atoms. The summed E-state index contributed by atoms with van der Waals surface area (Å²) < 4.78 is 10.9. The zero-order valence-electron chi connectivity index (χ0n) is 20.6. The third-order valence-electron chi connectivity index (χ3n) is 5.61. The lowest BCUT2D eigenvalue weighted by Gasteiger charge is -2.13. The summed E-state index contributed by atoms with van der Waals surface area (Å²) in [5, 5.41) is 13.4. The first-order valence-electron chi connectivity index (χ1n) is 11.2. The number of aryl methyl sites for hydroxylation is 2. The number of benzene rings is 2. The van der Waals surface area contributed by atoms with Crippen LogP contribution in [0.4, 0.5) is 16.2 Å². The van der Waals surface area contributed by atoms with Gasteiger partial charge in [0.2, 0.25) is 5.91 Å². The molecule has 0 spiro atoms. The van der Waals surface area contributed by atoms with E-state index in [-0.39, 0.29) is 28.0 Å². The molecule has 3 amide bonds. The van der Waals surface area contributed by atoms with Crippen LogP contribution in [0.25, 0.3) is 6.08 Å². The summed E-state index contributed by atoms with van der Waals surface area (Å²) in [6.45, 7) is 3.45. The van der Waals surface area contributed by atoms with E-state index in [1.165, 1.54) is 37.6 Å². The average Bonchev–Trinajstić information content (AvgIpc) is 3.14. The van der Waals surface area contributed by atoms with Gasteiger partial charge in [-0.25, -0.2) is 4.98 Å². The highest BCUT2D eigenvalue weighted by atomic mass is 32.2. The van der Waals surface area contributed by atoms with Crippen LogP contribution >= 0.6 is 11.8 Å². The monoisotopic (exact) mass is 534 g/mol. The number of nitrogens with one attached hydrogen (secondary N) is 1. The third kappa shape index (κ3) is 5.81. The predicted octanol–water partition coefficient (Wildman–Crippen LogP) is 5.08. The quantitative estimate of drug-likeness (QED) is 0.238. The van der Waals surface area contributed by atoms with Crippen LogP contribution in [0.1, 0.15) is 16.7 Å². The molecule has 11 nitrogen and oxygen atoms in total. The van der Waals surface area contributed by atoms with Gasteiger partial charge in [-0.3, -0.25) is 29.4 Å². The Morgan fingerprint density at radius 2 is 1.92 bits per heavy atom. The molecule has 12 heteroatoms. The number of nitrogens with zero attached hydrogens (tertiary/aromatic N) is 3. The van der Waals surface area contributed by atoms with Crippen molar-refractivity contribution in [2.24, 2.45) is 0 Å². The molecule has 1 aromatic heterocycles. The van der Waals surface area contributed by atoms with Gasteiger partial charge in [0.15, 0.2) is 11.5 Å². The molecule has 0 unspecified atom stereocenters. The second-order valence-electron chi connectivity index (χ2n) is 8.21. The van der Waals surface area contributed by atoms with E-state index >= 15 is 0 Å². The number of thioether (sulfide) groups is 1. The number of carbonyl (C=O) groups excluding carboxylic acids is 3. The Balaban J connectivity index is 1.48. The number of aromatic nitrogens is 1. The summed E-state index contributed by atoms with van der Waals surface area (Å²) in [6.07, 6.45) is 2.85. The second kappa shape index (κ2) is 11.1. The van der Waals surface area contributed by atoms with E-state index < -0.39 is 28.5 Å². The van der Waals surface area contributed by atoms with Crippen molar-refractivity contribution in [3.8, 4) is 17.4 Å². The number of methoxy groups -OCH3 is 1. The molecule has 1 saturated heterocycles. The molecular formula is C26H22N4O7S. The molecule has 2 aromatic carbocycles. The van der Waals surface area contributed by atoms with E-state index in [9.17, 15) is 24.5 Å². The van der Waals surface area contributed by atoms with E-state index in [0.29, 0.717) is 23.0 Å². The van der Waals surface area contributed by atoms with Crippen LogP contribution in [-0.4, -0.2) is 45.5 Å². The Morgan fingerprint density at radius 1 is 1.13 bits per heavy atom. The van der Waals surface area contributed by atoms with Gasteiger partial charge in [0.05, 0.1) is 16.9 Å². The van der Waals surface area contributed by atoms with Crippen molar-refractivity contribution in [1.82, 2.24) is 9.88 Å². The molecule has 1 aliphatic rings. The van der Waals surface area contributed by atoms with E-state index in [1.807, 2.05) is 26.0 Å². The molecule has 0 radical (unpaired) electrons. The number of pyridine rings is 1. The van der Waals surface area contributed by atoms with E-state index in [4.69, 9.17) is 9.47 Å². The number of nitro groups is 1. The Hall–Kier alpha value is -4.71. The third-order valence-corrected chi connectivity index (χ3v) is 6.51. The standard InChI is InChI=1S/C26H22N4O7S/c1-15-6-8-18(11-16(15)2)28-23(31)14-29-25(32)22(38-26(29)33)13-17-7-9-20(21(12-17)36-3)37-24-19(30(34)35)5-4-10-27-24/h4-13H,14H2,1-3H3,(H,28,31)/b22-13-. The minimum Gasteiger partial charge on any atom is -0.493 e. The lowest BCUT2D eigenvalue weighted by atomic mass is 10.1. The number of amides is 3. The van der Waals surface area contributed by atoms with Gasteiger partial charge in [0, 0.05) is 18.0 Å². The smallest absolute Gasteiger partial charge is 0.331 e. The minimum atomic E-state index is -0.610. The van der Waals surface area contributed by atoms with Crippen LogP contribution in [0, 0.1) is 24.0 Å². The molecule has 2 heterocycles. The number of carbonyl (C=O) groups is 3. The normalized spacial score (nSPS) is 14.1. The maximum absolute atomic E-state index is 12.9. The second-order valence-corrected chi connectivity index (χ2v) is 9.21. The van der Waals surface area contributed by atoms with Crippen LogP contribution in [0.5, 0.6) is 17.4 Å². The highest BCUT2D eigenvalue weighted by Crippen LogP contribution is 2.37. The van der Waals surface area contributed by atoms with Crippen LogP contribution in [-0.2, 0) is 9.59 Å². The molecule has 4 rings (SSSR count). The van der Waals surface area contributed by atoms with E-state index in [0.717, 1.165) is 16.0 Å². The van der Waals surface area contributed by atoms with E-state index in [1.54, 1.807) is 18.2 Å². The topological polar surface area (TPSA) is 141 Å². The van der Waals surface area contributed by atoms with Crippen molar-refractivity contribution in [2.45, 2.75) is 13.8 Å². The van der Waals surface area contributed by atoms with Crippen molar-refractivity contribution in [1.29, 1.82) is 0 Å². The Labute approximate surface area is 221 Å². The van der Waals surface area contributed by atoms with E-state index in [2.05, 4.69) is 10.3 Å². The van der Waals surface area contributed by atoms with Crippen molar-refractivity contribution in [3.63, 3.8) is 0 Å². The summed E-state index contributed by atoms with van der Waals surface area (Å²) in [4.78, 5) is 53.4. The molecule has 1 fully saturated rings. The van der Waals surface area contributed by atoms with Gasteiger partial charge in [-0.2, -0.15) is 0 Å². The number of hydrogen-bond acceptors (Lipinski definition) is 9. The fraction of sp³-hybridized carbons (Fsp3) is 0.154. The first kappa shape index (κ1) is 26.4. The first-order valence-corrected chi connectivity index (χ1v) is 12.1. The van der Waals surface area contributed by atoms with Gasteiger partial charge in [-0.05, 0) is 78.7 Å². The maximum Gasteiger partial charge on any atom is 0.331 e. The SMILES string of the molecule is COc1cc(/C=C2\SC(=O)N(CC(=O)Nc3ccc(C)c(C)c3)C2=O)ccc1Oc1ncccc1[N+](=O)[O-]. The van der Waals surface area contributed by atoms with Gasteiger partial charge in [-0.15, -0.1) is 0 Å². The zero-order valence-corrected chi connectivity index (χ0v) is 21.4. The molecule has 0 saturated carbocycles. The van der Waals surface area contributed by atoms with Gasteiger partial charge in [-0.1, -0.05) is 12.1 Å². The summed E-state index contributed by atoms with van der Waals surface area (Å²) >= 11 is 0.716. The molecular weight excluding hydrogens is 512 g/mol. The predicted molar refractivity (Wildman–Crippen MR) is 141 cm³/mol. The van der Waals surface area contributed by atoms with Crippen LogP contribution < -0.4 is 14.8 Å². The van der Waals surface area contributed by atoms with Gasteiger partial charge in [0.25, 0.3) is 17.0 Å². The molecule has 1 aliphatic heterocycles. The highest BCUT2D eigenvalue weighted by Gasteiger charge is 2.36. The summed E-state index contributed by atoms with van der Waals surface area (Å²) in [5.41, 5.74) is 2.85. The number of ether oxygens (including phenoxy) is 2. The molecule has 1 N–H and O–H groups in total. The number of rotatable bonds is 8. The first-order chi connectivity index (χ1) is 18.2. The van der Waals surface area contributed by atoms with Crippen LogP contribution in [0.3, 0.4) is 0 Å². The molecule has 0 aliphatic carbocycles. The fourth-order valence-corrected chi connectivity index (χ4v) is 4.35. The van der Waals surface area contributed by atoms with Gasteiger partial charge in [0.1, 0.15) is 6.54 Å². The fourth-order valence-electron chi connectivity index (χ4n) is 3.51. The van der Waals surface area contributed by atoms with Crippen LogP contribution in [0.15, 0.2) is 59.6 Å². The summed E-state index contributed by atoms with van der Waals surface area (Å²) in [5.74, 6) is -0.903. The van der Waals surface area contributed by atoms with Crippen LogP contribution in [0.2, 0.25) is 0 Å². The number of anilines is 1. The van der Waals surface area contributed by atoms with Gasteiger partial charge < -0.3 is 14.8 Å². The highest BCUT2D eigenvalue weighted by molar-refractivity contribution is 8.18. The average molecular weight is 535 g/mol. The Morgan fingerprint density at radius 3 is 2.63 bits per heavy atom. The van der Waals surface area contributed by atoms with Crippen molar-refractivity contribution >= 4 is 46.3 Å². The Kier molecular flexibility index (Phi) is 7.72. The largest absolute Gasteiger partial charge is 0.493 e. The lowest BCUT2D eigenvalue weighted by molar-refractivity contribution is -0.386. The number of imide groups is 1. The molecule has 194 valence electrons. The van der Waals surface area contributed by atoms with Crippen molar-refractivity contribution < 1.29 is 28.8 Å². The number of hydrogen-bond donors (Lipinski definition) is 1. The minimum absolute atomic E-state index is 0.130. The maximum atomic E-state index is 12.9. The molecule has 3 aromatic rings. The van der Waals surface area contributed by atoms with Crippen molar-refractivity contribution in [3.05, 3.63) is 86.4 Å². The zero-order chi connectivity index (χ0) is 27.4. The Bertz CT molecular complexity index is 1490. The molecule has 38 heavy (non-hydrogen) atoms. The summed E-state index contributed by atoms with van der Waals surface area (Å²) in [7, 11) is 1.39. The summed E-state index contributed by atoms with van der Waals surface area (Å²) in [6, 6.07) is 12.8. The molecule has 0 atom stereocenters. The van der Waals surface area contributed by atoms with Gasteiger partial charge >= 0.3 is 5.69 Å².